The van der Waals surface area contributed by atoms with Crippen molar-refractivity contribution in [1.82, 2.24) is 10.3 Å². The van der Waals surface area contributed by atoms with E-state index in [4.69, 9.17) is 4.42 Å². The van der Waals surface area contributed by atoms with E-state index in [1.54, 1.807) is 12.3 Å². The number of rotatable bonds is 4. The molecule has 1 aromatic carbocycles. The fourth-order valence-corrected chi connectivity index (χ4v) is 1.97. The Morgan fingerprint density at radius 1 is 1.39 bits per heavy atom. The van der Waals surface area contributed by atoms with Gasteiger partial charge in [-0.2, -0.15) is 0 Å². The summed E-state index contributed by atoms with van der Waals surface area (Å²) < 4.78 is 19.3. The summed E-state index contributed by atoms with van der Waals surface area (Å²) >= 11 is 3.25. The Balaban J connectivity index is 2.18. The molecule has 0 aliphatic carbocycles. The van der Waals surface area contributed by atoms with Crippen molar-refractivity contribution in [1.29, 1.82) is 0 Å². The van der Waals surface area contributed by atoms with E-state index in [-0.39, 0.29) is 5.82 Å². The lowest BCUT2D eigenvalue weighted by atomic mass is 10.2. The number of benzene rings is 1. The molecule has 0 aliphatic heterocycles. The molecule has 0 saturated carbocycles. The van der Waals surface area contributed by atoms with Crippen LogP contribution < -0.4 is 5.32 Å². The fraction of sp³-hybridized carbons (Fsp3) is 0.308. The normalized spacial score (nSPS) is 11.2. The fourth-order valence-electron chi connectivity index (χ4n) is 1.51. The van der Waals surface area contributed by atoms with E-state index < -0.39 is 0 Å². The molecule has 0 saturated heterocycles. The van der Waals surface area contributed by atoms with Crippen LogP contribution in [-0.4, -0.2) is 11.0 Å². The molecule has 0 fully saturated rings. The van der Waals surface area contributed by atoms with Gasteiger partial charge in [0, 0.05) is 22.6 Å². The first kappa shape index (κ1) is 13.2. The van der Waals surface area contributed by atoms with Gasteiger partial charge in [0.2, 0.25) is 5.89 Å². The lowest BCUT2D eigenvalue weighted by molar-refractivity contribution is 0.559. The summed E-state index contributed by atoms with van der Waals surface area (Å²) in [5.41, 5.74) is 1.43. The van der Waals surface area contributed by atoms with Crippen molar-refractivity contribution in [2.75, 3.05) is 0 Å². The molecule has 1 N–H and O–H groups in total. The lowest BCUT2D eigenvalue weighted by Crippen LogP contribution is -2.21. The Labute approximate surface area is 114 Å². The van der Waals surface area contributed by atoms with Gasteiger partial charge in [-0.15, -0.1) is 0 Å². The highest BCUT2D eigenvalue weighted by Gasteiger charge is 2.09. The van der Waals surface area contributed by atoms with Crippen molar-refractivity contribution in [2.24, 2.45) is 0 Å². The molecule has 0 radical (unpaired) electrons. The molecule has 2 rings (SSSR count). The minimum Gasteiger partial charge on any atom is -0.444 e. The summed E-state index contributed by atoms with van der Waals surface area (Å²) in [7, 11) is 0. The van der Waals surface area contributed by atoms with E-state index in [1.165, 1.54) is 12.1 Å². The highest BCUT2D eigenvalue weighted by Crippen LogP contribution is 2.24. The number of halogens is 2. The average molecular weight is 313 g/mol. The third-order valence-corrected chi connectivity index (χ3v) is 2.81. The minimum absolute atomic E-state index is 0.320. The number of hydrogen-bond acceptors (Lipinski definition) is 3. The van der Waals surface area contributed by atoms with Gasteiger partial charge in [-0.25, -0.2) is 9.37 Å². The van der Waals surface area contributed by atoms with Crippen LogP contribution in [0.4, 0.5) is 4.39 Å². The Bertz CT molecular complexity index is 519. The van der Waals surface area contributed by atoms with Gasteiger partial charge < -0.3 is 9.73 Å². The first-order chi connectivity index (χ1) is 8.54. The maximum Gasteiger partial charge on any atom is 0.226 e. The summed E-state index contributed by atoms with van der Waals surface area (Å²) in [6, 6.07) is 4.95. The van der Waals surface area contributed by atoms with Gasteiger partial charge >= 0.3 is 0 Å². The summed E-state index contributed by atoms with van der Waals surface area (Å²) in [6.45, 7) is 4.76. The van der Waals surface area contributed by atoms with Gasteiger partial charge in [-0.3, -0.25) is 0 Å². The molecule has 0 spiro atoms. The van der Waals surface area contributed by atoms with Crippen molar-refractivity contribution >= 4 is 15.9 Å². The van der Waals surface area contributed by atoms with Crippen LogP contribution >= 0.6 is 15.9 Å². The standard InChI is InChI=1S/C13H14BrFN2O/c1-8(2)16-6-12-7-18-13(17-12)9-3-10(14)5-11(15)4-9/h3-5,7-8,16H,6H2,1-2H3. The zero-order valence-electron chi connectivity index (χ0n) is 10.2. The predicted molar refractivity (Wildman–Crippen MR) is 71.6 cm³/mol. The number of nitrogens with zero attached hydrogens (tertiary/aromatic N) is 1. The Kier molecular flexibility index (Phi) is 4.14. The first-order valence-electron chi connectivity index (χ1n) is 5.69. The predicted octanol–water partition coefficient (Wildman–Crippen LogP) is 3.74. The van der Waals surface area contributed by atoms with Gasteiger partial charge in [0.05, 0.1) is 5.69 Å². The second-order valence-corrected chi connectivity index (χ2v) is 5.25. The second kappa shape index (κ2) is 5.63. The third-order valence-electron chi connectivity index (χ3n) is 2.35. The summed E-state index contributed by atoms with van der Waals surface area (Å²) in [6.07, 6.45) is 1.59. The van der Waals surface area contributed by atoms with Crippen LogP contribution in [0.2, 0.25) is 0 Å². The molecule has 5 heteroatoms. The average Bonchev–Trinajstić information content (AvgIpc) is 2.73. The molecule has 3 nitrogen and oxygen atoms in total. The van der Waals surface area contributed by atoms with E-state index in [0.717, 1.165) is 5.69 Å². The lowest BCUT2D eigenvalue weighted by Gasteiger charge is -2.04. The Morgan fingerprint density at radius 2 is 2.17 bits per heavy atom. The molecule has 1 heterocycles. The summed E-state index contributed by atoms with van der Waals surface area (Å²) in [5.74, 6) is 0.107. The van der Waals surface area contributed by atoms with E-state index in [2.05, 4.69) is 40.1 Å². The molecule has 96 valence electrons. The molecule has 0 unspecified atom stereocenters. The maximum absolute atomic E-state index is 13.3. The van der Waals surface area contributed by atoms with E-state index in [9.17, 15) is 4.39 Å². The minimum atomic E-state index is -0.320. The van der Waals surface area contributed by atoms with Crippen molar-refractivity contribution < 1.29 is 8.81 Å². The zero-order valence-corrected chi connectivity index (χ0v) is 11.8. The SMILES string of the molecule is CC(C)NCc1coc(-c2cc(F)cc(Br)c2)n1. The molecule has 0 bridgehead atoms. The van der Waals surface area contributed by atoms with Gasteiger partial charge in [0.1, 0.15) is 12.1 Å². The maximum atomic E-state index is 13.3. The van der Waals surface area contributed by atoms with E-state index in [0.29, 0.717) is 28.5 Å². The van der Waals surface area contributed by atoms with Crippen LogP contribution in [0.15, 0.2) is 33.4 Å². The van der Waals surface area contributed by atoms with E-state index in [1.807, 2.05) is 0 Å². The summed E-state index contributed by atoms with van der Waals surface area (Å²) in [5, 5.41) is 3.24. The summed E-state index contributed by atoms with van der Waals surface area (Å²) in [4.78, 5) is 4.32. The van der Waals surface area contributed by atoms with Crippen molar-refractivity contribution in [3.05, 3.63) is 40.4 Å². The highest BCUT2D eigenvalue weighted by atomic mass is 79.9. The van der Waals surface area contributed by atoms with Crippen LogP contribution in [0.5, 0.6) is 0 Å². The molecule has 1 aromatic heterocycles. The van der Waals surface area contributed by atoms with Crippen molar-refractivity contribution in [3.8, 4) is 11.5 Å². The largest absolute Gasteiger partial charge is 0.444 e. The first-order valence-corrected chi connectivity index (χ1v) is 6.48. The van der Waals surface area contributed by atoms with Gasteiger partial charge in [0.15, 0.2) is 0 Å². The number of oxazole rings is 1. The number of nitrogens with one attached hydrogen (secondary N) is 1. The molecular formula is C13H14BrFN2O. The van der Waals surface area contributed by atoms with Gasteiger partial charge in [-0.1, -0.05) is 29.8 Å². The second-order valence-electron chi connectivity index (χ2n) is 4.34. The van der Waals surface area contributed by atoms with Gasteiger partial charge in [0.25, 0.3) is 0 Å². The number of aromatic nitrogens is 1. The monoisotopic (exact) mass is 312 g/mol. The molecular weight excluding hydrogens is 299 g/mol. The molecule has 0 atom stereocenters. The van der Waals surface area contributed by atoms with Crippen LogP contribution in [0.25, 0.3) is 11.5 Å². The Morgan fingerprint density at radius 3 is 2.83 bits per heavy atom. The Hall–Kier alpha value is -1.20. The van der Waals surface area contributed by atoms with Crippen LogP contribution in [-0.2, 0) is 6.54 Å². The smallest absolute Gasteiger partial charge is 0.226 e. The van der Waals surface area contributed by atoms with Crippen LogP contribution in [0.3, 0.4) is 0 Å². The third kappa shape index (κ3) is 3.40. The molecule has 18 heavy (non-hydrogen) atoms. The van der Waals surface area contributed by atoms with Gasteiger partial charge in [-0.05, 0) is 18.2 Å². The van der Waals surface area contributed by atoms with Crippen molar-refractivity contribution in [3.63, 3.8) is 0 Å². The molecule has 0 amide bonds. The quantitative estimate of drug-likeness (QED) is 0.934. The van der Waals surface area contributed by atoms with Crippen LogP contribution in [0, 0.1) is 5.82 Å². The van der Waals surface area contributed by atoms with E-state index >= 15 is 0 Å². The molecule has 0 aliphatic rings. The molecule has 2 aromatic rings. The number of hydrogen-bond donors (Lipinski definition) is 1. The zero-order chi connectivity index (χ0) is 13.1. The van der Waals surface area contributed by atoms with Crippen LogP contribution in [0.1, 0.15) is 19.5 Å². The highest BCUT2D eigenvalue weighted by molar-refractivity contribution is 9.10. The topological polar surface area (TPSA) is 38.1 Å². The van der Waals surface area contributed by atoms with Crippen molar-refractivity contribution in [2.45, 2.75) is 26.4 Å².